The van der Waals surface area contributed by atoms with Crippen LogP contribution in [-0.4, -0.2) is 10.4 Å². The van der Waals surface area contributed by atoms with Crippen LogP contribution in [0, 0.1) is 5.92 Å². The van der Waals surface area contributed by atoms with Crippen LogP contribution >= 0.6 is 0 Å². The van der Waals surface area contributed by atoms with Gasteiger partial charge in [-0.25, -0.2) is 0 Å². The summed E-state index contributed by atoms with van der Waals surface area (Å²) in [7, 11) is 0. The van der Waals surface area contributed by atoms with E-state index >= 15 is 0 Å². The Labute approximate surface area is 348 Å². The molecule has 1 aliphatic rings. The first-order chi connectivity index (χ1) is 29.7. The molecule has 2 aromatic heterocycles. The third kappa shape index (κ3) is 5.48. The second kappa shape index (κ2) is 13.9. The fourth-order valence-electron chi connectivity index (χ4n) is 10.0. The van der Waals surface area contributed by atoms with Gasteiger partial charge in [0.2, 0.25) is 0 Å². The van der Waals surface area contributed by atoms with Gasteiger partial charge in [-0.15, -0.1) is 0 Å². The van der Waals surface area contributed by atoms with Crippen molar-refractivity contribution in [3.05, 3.63) is 211 Å². The largest absolute Gasteiger partial charge is 0.455 e. The smallest absolute Gasteiger partial charge is 0.146 e. The molecule has 2 unspecified atom stereocenters. The molecule has 3 heterocycles. The number of fused-ring (bicyclic) bond motifs is 8. The Morgan fingerprint density at radius 2 is 1.22 bits per heavy atom. The number of nitrogens with one attached hydrogen (secondary N) is 1. The summed E-state index contributed by atoms with van der Waals surface area (Å²) < 4.78 is 9.33. The van der Waals surface area contributed by atoms with Gasteiger partial charge in [-0.05, 0) is 92.7 Å². The third-order valence-electron chi connectivity index (χ3n) is 12.9. The van der Waals surface area contributed by atoms with Crippen molar-refractivity contribution in [2.45, 2.75) is 25.4 Å². The monoisotopic (exact) mass is 771 g/mol. The lowest BCUT2D eigenvalue weighted by Crippen LogP contribution is -2.41. The summed E-state index contributed by atoms with van der Waals surface area (Å²) in [5.74, 6) is 1.01. The lowest BCUT2D eigenvalue weighted by molar-refractivity contribution is 0.312. The molecule has 4 heteroatoms. The molecule has 0 fully saturated rings. The zero-order chi connectivity index (χ0) is 39.7. The molecule has 0 amide bonds. The molecule has 9 aromatic carbocycles. The normalized spacial score (nSPS) is 16.9. The maximum Gasteiger partial charge on any atom is 0.146 e. The summed E-state index contributed by atoms with van der Waals surface area (Å²) in [5.41, 5.74) is 10.9. The van der Waals surface area contributed by atoms with Crippen LogP contribution < -0.4 is 5.32 Å². The lowest BCUT2D eigenvalue weighted by Gasteiger charge is -2.38. The first-order valence-corrected chi connectivity index (χ1v) is 21.1. The van der Waals surface area contributed by atoms with Crippen LogP contribution in [-0.2, 0) is 0 Å². The number of aliphatic imine (C=N–C) groups is 1. The number of benzene rings is 9. The summed E-state index contributed by atoms with van der Waals surface area (Å²) in [6.07, 6.45) is 0.938. The first kappa shape index (κ1) is 34.6. The number of para-hydroxylation sites is 2. The van der Waals surface area contributed by atoms with Gasteiger partial charge < -0.3 is 14.3 Å². The van der Waals surface area contributed by atoms with Crippen molar-refractivity contribution in [2.75, 3.05) is 0 Å². The number of aromatic nitrogens is 1. The number of furan rings is 1. The average Bonchev–Trinajstić information content (AvgIpc) is 3.85. The van der Waals surface area contributed by atoms with E-state index in [1.54, 1.807) is 0 Å². The maximum absolute atomic E-state index is 6.89. The molecule has 11 aromatic rings. The van der Waals surface area contributed by atoms with E-state index in [1.807, 2.05) is 0 Å². The molecular weight excluding hydrogens is 731 g/mol. The van der Waals surface area contributed by atoms with E-state index in [4.69, 9.17) is 9.41 Å². The summed E-state index contributed by atoms with van der Waals surface area (Å²) in [6.45, 7) is 2.31. The van der Waals surface area contributed by atoms with E-state index in [0.29, 0.717) is 0 Å². The number of nitrogens with zero attached hydrogens (tertiary/aromatic N) is 2. The molecule has 1 aliphatic heterocycles. The van der Waals surface area contributed by atoms with Crippen molar-refractivity contribution < 1.29 is 4.42 Å². The molecule has 1 N–H and O–H groups in total. The van der Waals surface area contributed by atoms with Crippen molar-refractivity contribution in [1.29, 1.82) is 0 Å². The van der Waals surface area contributed by atoms with Crippen molar-refractivity contribution in [2.24, 2.45) is 10.9 Å². The molecule has 0 saturated heterocycles. The predicted molar refractivity (Wildman–Crippen MR) is 250 cm³/mol. The summed E-state index contributed by atoms with van der Waals surface area (Å²) in [6, 6.07) is 70.2. The highest BCUT2D eigenvalue weighted by atomic mass is 16.3. The van der Waals surface area contributed by atoms with Gasteiger partial charge in [-0.2, -0.15) is 0 Å². The third-order valence-corrected chi connectivity index (χ3v) is 12.9. The molecule has 3 atom stereocenters. The SMILES string of the molecule is CC[C@H]1C(c2cccc(-c3ccccc3)c2)N=C(c2cc(-n3c4ccccc4c4cc5ccccc5cc43)cc3c2oc2ccccc23)NC1c1cccc2ccccc12. The predicted octanol–water partition coefficient (Wildman–Crippen LogP) is 14.5. The van der Waals surface area contributed by atoms with Crippen LogP contribution in [0.1, 0.15) is 42.1 Å². The molecule has 0 bridgehead atoms. The molecule has 60 heavy (non-hydrogen) atoms. The summed E-state index contributed by atoms with van der Waals surface area (Å²) in [4.78, 5) is 5.81. The number of amidine groups is 1. The fraction of sp³-hybridized carbons (Fsp3) is 0.0893. The van der Waals surface area contributed by atoms with Crippen molar-refractivity contribution in [3.8, 4) is 16.8 Å². The van der Waals surface area contributed by atoms with Gasteiger partial charge in [0, 0.05) is 33.2 Å². The quantitative estimate of drug-likeness (QED) is 0.183. The lowest BCUT2D eigenvalue weighted by atomic mass is 9.79. The van der Waals surface area contributed by atoms with Gasteiger partial charge in [0.25, 0.3) is 0 Å². The Bertz CT molecular complexity index is 3480. The Kier molecular flexibility index (Phi) is 7.99. The first-order valence-electron chi connectivity index (χ1n) is 21.1. The number of hydrogen-bond acceptors (Lipinski definition) is 3. The molecule has 0 saturated carbocycles. The highest BCUT2D eigenvalue weighted by Gasteiger charge is 2.37. The van der Waals surface area contributed by atoms with Gasteiger partial charge in [-0.3, -0.25) is 4.99 Å². The molecule has 0 aliphatic carbocycles. The van der Waals surface area contributed by atoms with E-state index in [1.165, 1.54) is 60.1 Å². The van der Waals surface area contributed by atoms with Crippen LogP contribution in [0.4, 0.5) is 0 Å². The van der Waals surface area contributed by atoms with Crippen LogP contribution in [0.5, 0.6) is 0 Å². The molecule has 0 radical (unpaired) electrons. The van der Waals surface area contributed by atoms with E-state index in [9.17, 15) is 0 Å². The molecule has 12 rings (SSSR count). The van der Waals surface area contributed by atoms with Crippen LogP contribution in [0.2, 0.25) is 0 Å². The van der Waals surface area contributed by atoms with Crippen molar-refractivity contribution >= 4 is 71.1 Å². The summed E-state index contributed by atoms with van der Waals surface area (Å²) in [5, 5.41) is 13.7. The van der Waals surface area contributed by atoms with Gasteiger partial charge in [0.15, 0.2) is 0 Å². The highest BCUT2D eigenvalue weighted by molar-refractivity contribution is 6.17. The number of rotatable bonds is 6. The van der Waals surface area contributed by atoms with E-state index in [-0.39, 0.29) is 18.0 Å². The Morgan fingerprint density at radius 1 is 0.533 bits per heavy atom. The van der Waals surface area contributed by atoms with Crippen LogP contribution in [0.3, 0.4) is 0 Å². The topological polar surface area (TPSA) is 42.5 Å². The van der Waals surface area contributed by atoms with E-state index < -0.39 is 0 Å². The molecule has 286 valence electrons. The highest BCUT2D eigenvalue weighted by Crippen LogP contribution is 2.45. The van der Waals surface area contributed by atoms with Crippen molar-refractivity contribution in [3.63, 3.8) is 0 Å². The molecular formula is C56H41N3O. The molecule has 4 nitrogen and oxygen atoms in total. The average molecular weight is 772 g/mol. The zero-order valence-electron chi connectivity index (χ0n) is 33.2. The Morgan fingerprint density at radius 3 is 2.07 bits per heavy atom. The van der Waals surface area contributed by atoms with Gasteiger partial charge in [0.05, 0.1) is 28.7 Å². The van der Waals surface area contributed by atoms with Crippen molar-refractivity contribution in [1.82, 2.24) is 9.88 Å². The second-order valence-electron chi connectivity index (χ2n) is 16.2. The maximum atomic E-state index is 6.89. The molecule has 0 spiro atoms. The van der Waals surface area contributed by atoms with Gasteiger partial charge in [-0.1, -0.05) is 159 Å². The van der Waals surface area contributed by atoms with Crippen LogP contribution in [0.15, 0.2) is 204 Å². The van der Waals surface area contributed by atoms with E-state index in [0.717, 1.165) is 51.0 Å². The van der Waals surface area contributed by atoms with Gasteiger partial charge in [0.1, 0.15) is 17.0 Å². The fourth-order valence-corrected chi connectivity index (χ4v) is 10.0. The van der Waals surface area contributed by atoms with Crippen LogP contribution in [0.25, 0.3) is 82.1 Å². The minimum atomic E-state index is -0.124. The zero-order valence-corrected chi connectivity index (χ0v) is 33.2. The van der Waals surface area contributed by atoms with E-state index in [2.05, 4.69) is 211 Å². The minimum absolute atomic E-state index is 0.0262. The standard InChI is InChI=1S/C56H41N3O/c1-2-42-53(40-23-14-22-37(30-40)35-16-4-3-5-17-35)57-56(58-54(42)46-27-15-21-36-18-8-9-24-43(36)46)49-34-41(33-48-45-26-11-13-29-52(45)60-55(48)49)59-50-28-12-10-25-44(50)47-31-38-19-6-7-20-39(38)32-51(47)59/h3-34,42,53-54H,2H2,1H3,(H,57,58)/t42-,53?,54?/m0/s1. The minimum Gasteiger partial charge on any atom is -0.455 e. The number of hydrogen-bond donors (Lipinski definition) is 1. The van der Waals surface area contributed by atoms with Gasteiger partial charge >= 0.3 is 0 Å². The summed E-state index contributed by atoms with van der Waals surface area (Å²) >= 11 is 0. The Hall–Kier alpha value is -7.43. The second-order valence-corrected chi connectivity index (χ2v) is 16.2. The Balaban J connectivity index is 1.14.